The van der Waals surface area contributed by atoms with Crippen LogP contribution in [0.15, 0.2) is 11.6 Å². The summed E-state index contributed by atoms with van der Waals surface area (Å²) in [4.78, 5) is 38.8. The van der Waals surface area contributed by atoms with Crippen LogP contribution in [0.2, 0.25) is 0 Å². The van der Waals surface area contributed by atoms with Crippen LogP contribution >= 0.6 is 0 Å². The van der Waals surface area contributed by atoms with Crippen molar-refractivity contribution in [1.29, 1.82) is 0 Å². The van der Waals surface area contributed by atoms with Gasteiger partial charge in [-0.2, -0.15) is 0 Å². The third-order valence-electron chi connectivity index (χ3n) is 4.10. The van der Waals surface area contributed by atoms with Crippen molar-refractivity contribution in [3.63, 3.8) is 0 Å². The predicted octanol–water partition coefficient (Wildman–Crippen LogP) is 3.53. The average Bonchev–Trinajstić information content (AvgIpc) is 2.54. The summed E-state index contributed by atoms with van der Waals surface area (Å²) in [7, 11) is 1.67. The molecular formula is C21H38N2O5. The van der Waals surface area contributed by atoms with Crippen molar-refractivity contribution >= 4 is 18.0 Å². The van der Waals surface area contributed by atoms with Gasteiger partial charge in [-0.05, 0) is 46.5 Å². The van der Waals surface area contributed by atoms with Crippen LogP contribution in [0, 0.1) is 11.8 Å². The second-order valence-corrected chi connectivity index (χ2v) is 8.62. The molecule has 28 heavy (non-hydrogen) atoms. The minimum Gasteiger partial charge on any atom is -0.463 e. The second kappa shape index (κ2) is 11.1. The molecule has 7 heteroatoms. The smallest absolute Gasteiger partial charge is 0.408 e. The Kier molecular flexibility index (Phi) is 10.3. The van der Waals surface area contributed by atoms with Gasteiger partial charge in [0.2, 0.25) is 5.91 Å². The molecule has 1 N–H and O–H groups in total. The van der Waals surface area contributed by atoms with E-state index < -0.39 is 23.7 Å². The van der Waals surface area contributed by atoms with Crippen molar-refractivity contribution in [2.75, 3.05) is 13.7 Å². The Bertz CT molecular complexity index is 576. The molecule has 0 aliphatic carbocycles. The van der Waals surface area contributed by atoms with Crippen molar-refractivity contribution < 1.29 is 23.9 Å². The summed E-state index contributed by atoms with van der Waals surface area (Å²) in [5, 5.41) is 2.68. The standard InChI is InChI=1S/C21H38N2O5/c1-11-27-19(25)15(6)12-16(13(2)3)23(10)18(24)17(14(4)5)22-20(26)28-21(7,8)9/h12-14,16-17H,11H2,1-10H3,(H,22,26)/t16-,17?/m1/s1. The Labute approximate surface area is 169 Å². The average molecular weight is 399 g/mol. The van der Waals surface area contributed by atoms with Gasteiger partial charge in [-0.1, -0.05) is 33.8 Å². The summed E-state index contributed by atoms with van der Waals surface area (Å²) in [5.74, 6) is -0.716. The highest BCUT2D eigenvalue weighted by molar-refractivity contribution is 5.89. The van der Waals surface area contributed by atoms with Crippen LogP contribution in [0.3, 0.4) is 0 Å². The zero-order valence-electron chi connectivity index (χ0n) is 19.1. The lowest BCUT2D eigenvalue weighted by molar-refractivity contribution is -0.139. The van der Waals surface area contributed by atoms with E-state index in [0.29, 0.717) is 12.2 Å². The van der Waals surface area contributed by atoms with Gasteiger partial charge < -0.3 is 19.7 Å². The summed E-state index contributed by atoms with van der Waals surface area (Å²) in [5.41, 5.74) is -0.207. The Morgan fingerprint density at radius 2 is 1.61 bits per heavy atom. The summed E-state index contributed by atoms with van der Waals surface area (Å²) >= 11 is 0. The molecule has 0 fully saturated rings. The van der Waals surface area contributed by atoms with Gasteiger partial charge in [0, 0.05) is 12.6 Å². The van der Waals surface area contributed by atoms with Gasteiger partial charge in [0.15, 0.2) is 0 Å². The number of hydrogen-bond donors (Lipinski definition) is 1. The Hall–Kier alpha value is -2.05. The first-order valence-corrected chi connectivity index (χ1v) is 9.82. The number of hydrogen-bond acceptors (Lipinski definition) is 5. The van der Waals surface area contributed by atoms with Crippen LogP contribution < -0.4 is 5.32 Å². The fourth-order valence-electron chi connectivity index (χ4n) is 2.63. The van der Waals surface area contributed by atoms with E-state index in [9.17, 15) is 14.4 Å². The van der Waals surface area contributed by atoms with Crippen LogP contribution in [-0.4, -0.2) is 54.2 Å². The molecule has 0 rings (SSSR count). The molecule has 0 aliphatic heterocycles. The molecule has 0 bridgehead atoms. The van der Waals surface area contributed by atoms with E-state index in [1.807, 2.05) is 27.7 Å². The van der Waals surface area contributed by atoms with Gasteiger partial charge in [-0.25, -0.2) is 9.59 Å². The first-order valence-electron chi connectivity index (χ1n) is 9.82. The first-order chi connectivity index (χ1) is 12.7. The van der Waals surface area contributed by atoms with Crippen LogP contribution in [0.1, 0.15) is 62.3 Å². The van der Waals surface area contributed by atoms with E-state index in [4.69, 9.17) is 9.47 Å². The second-order valence-electron chi connectivity index (χ2n) is 8.62. The predicted molar refractivity (Wildman–Crippen MR) is 110 cm³/mol. The fourth-order valence-corrected chi connectivity index (χ4v) is 2.63. The highest BCUT2D eigenvalue weighted by Gasteiger charge is 2.32. The maximum absolute atomic E-state index is 13.1. The Morgan fingerprint density at radius 3 is 2.00 bits per heavy atom. The maximum atomic E-state index is 13.1. The molecule has 0 aromatic carbocycles. The number of carbonyl (C=O) groups is 3. The van der Waals surface area contributed by atoms with Crippen LogP contribution in [0.5, 0.6) is 0 Å². The van der Waals surface area contributed by atoms with Crippen molar-refractivity contribution in [3.8, 4) is 0 Å². The van der Waals surface area contributed by atoms with E-state index in [1.54, 1.807) is 52.6 Å². The zero-order chi connectivity index (χ0) is 22.2. The Balaban J connectivity index is 5.51. The van der Waals surface area contributed by atoms with E-state index in [0.717, 1.165) is 0 Å². The lowest BCUT2D eigenvalue weighted by Gasteiger charge is -2.34. The quantitative estimate of drug-likeness (QED) is 0.499. The number of likely N-dealkylation sites (N-methyl/N-ethyl adjacent to an activating group) is 1. The highest BCUT2D eigenvalue weighted by atomic mass is 16.6. The maximum Gasteiger partial charge on any atom is 0.408 e. The minimum atomic E-state index is -0.739. The van der Waals surface area contributed by atoms with Gasteiger partial charge >= 0.3 is 12.1 Å². The normalized spacial score (nSPS) is 14.5. The minimum absolute atomic E-state index is 0.0627. The number of alkyl carbamates (subject to hydrolysis) is 1. The molecule has 0 heterocycles. The monoisotopic (exact) mass is 398 g/mol. The number of ether oxygens (including phenoxy) is 2. The van der Waals surface area contributed by atoms with Crippen molar-refractivity contribution in [2.24, 2.45) is 11.8 Å². The van der Waals surface area contributed by atoms with E-state index in [-0.39, 0.29) is 23.8 Å². The molecule has 0 spiro atoms. The fraction of sp³-hybridized carbons (Fsp3) is 0.762. The number of rotatable bonds is 8. The third kappa shape index (κ3) is 8.76. The lowest BCUT2D eigenvalue weighted by atomic mass is 9.97. The zero-order valence-corrected chi connectivity index (χ0v) is 19.1. The van der Waals surface area contributed by atoms with E-state index in [1.165, 1.54) is 0 Å². The molecule has 0 radical (unpaired) electrons. The summed E-state index contributed by atoms with van der Waals surface area (Å²) in [6, 6.07) is -1.06. The molecular weight excluding hydrogens is 360 g/mol. The van der Waals surface area contributed by atoms with Gasteiger partial charge in [-0.3, -0.25) is 4.79 Å². The molecule has 2 atom stereocenters. The molecule has 0 aromatic rings. The first kappa shape index (κ1) is 26.0. The van der Waals surface area contributed by atoms with Crippen molar-refractivity contribution in [2.45, 2.75) is 80.0 Å². The molecule has 2 amide bonds. The number of nitrogens with zero attached hydrogens (tertiary/aromatic N) is 1. The molecule has 1 unspecified atom stereocenters. The van der Waals surface area contributed by atoms with Gasteiger partial charge in [0.1, 0.15) is 11.6 Å². The van der Waals surface area contributed by atoms with Gasteiger partial charge in [0.25, 0.3) is 0 Å². The van der Waals surface area contributed by atoms with E-state index in [2.05, 4.69) is 5.32 Å². The van der Waals surface area contributed by atoms with Crippen LogP contribution in [0.25, 0.3) is 0 Å². The lowest BCUT2D eigenvalue weighted by Crippen LogP contribution is -2.54. The van der Waals surface area contributed by atoms with Gasteiger partial charge in [0.05, 0.1) is 12.6 Å². The van der Waals surface area contributed by atoms with Crippen molar-refractivity contribution in [1.82, 2.24) is 10.2 Å². The van der Waals surface area contributed by atoms with Crippen LogP contribution in [-0.2, 0) is 19.1 Å². The number of esters is 1. The molecule has 162 valence electrons. The molecule has 0 aliphatic rings. The largest absolute Gasteiger partial charge is 0.463 e. The number of amides is 2. The Morgan fingerprint density at radius 1 is 1.07 bits per heavy atom. The van der Waals surface area contributed by atoms with Gasteiger partial charge in [-0.15, -0.1) is 0 Å². The molecule has 0 saturated heterocycles. The SMILES string of the molecule is CCOC(=O)C(C)=C[C@H](C(C)C)N(C)C(=O)C(NC(=O)OC(C)(C)C)C(C)C. The topological polar surface area (TPSA) is 84.9 Å². The summed E-state index contributed by atoms with van der Waals surface area (Å²) < 4.78 is 10.3. The molecule has 7 nitrogen and oxygen atoms in total. The summed E-state index contributed by atoms with van der Waals surface area (Å²) in [6.07, 6.45) is 1.11. The highest BCUT2D eigenvalue weighted by Crippen LogP contribution is 2.17. The summed E-state index contributed by atoms with van der Waals surface area (Å²) in [6.45, 7) is 16.7. The van der Waals surface area contributed by atoms with Crippen molar-refractivity contribution in [3.05, 3.63) is 11.6 Å². The molecule has 0 saturated carbocycles. The number of nitrogens with one attached hydrogen (secondary N) is 1. The van der Waals surface area contributed by atoms with Crippen LogP contribution in [0.4, 0.5) is 4.79 Å². The third-order valence-corrected chi connectivity index (χ3v) is 4.10. The number of carbonyl (C=O) groups excluding carboxylic acids is 3. The van der Waals surface area contributed by atoms with E-state index >= 15 is 0 Å². The molecule has 0 aromatic heterocycles.